The fourth-order valence-electron chi connectivity index (χ4n) is 3.87. The molecule has 0 saturated heterocycles. The number of aromatic carboxylic acids is 1. The zero-order chi connectivity index (χ0) is 21.3. The molecule has 0 unspecified atom stereocenters. The number of benzene rings is 1. The number of nitrogens with zero attached hydrogens (tertiary/aromatic N) is 3. The SMILES string of the molecule is CC(C)N(C(=O)C1(C)CCCCC1)c1nn(-c2ccc(F)c(F)c2)cc1C(=O)O. The Bertz CT molecular complexity index is 933. The predicted molar refractivity (Wildman–Crippen MR) is 104 cm³/mol. The maximum absolute atomic E-state index is 13.6. The predicted octanol–water partition coefficient (Wildman–Crippen LogP) is 4.56. The third-order valence-electron chi connectivity index (χ3n) is 5.53. The molecule has 0 spiro atoms. The van der Waals surface area contributed by atoms with E-state index in [-0.39, 0.29) is 29.0 Å². The van der Waals surface area contributed by atoms with Crippen LogP contribution in [0.15, 0.2) is 24.4 Å². The Hall–Kier alpha value is -2.77. The molecule has 2 aromatic rings. The molecule has 1 aliphatic rings. The van der Waals surface area contributed by atoms with Gasteiger partial charge in [-0.1, -0.05) is 26.2 Å². The molecule has 3 rings (SSSR count). The molecule has 1 aromatic heterocycles. The van der Waals surface area contributed by atoms with E-state index in [1.165, 1.54) is 17.2 Å². The highest BCUT2D eigenvalue weighted by Crippen LogP contribution is 2.39. The van der Waals surface area contributed by atoms with Crippen LogP contribution in [-0.4, -0.2) is 32.8 Å². The van der Waals surface area contributed by atoms with Crippen molar-refractivity contribution in [2.45, 2.75) is 58.9 Å². The summed E-state index contributed by atoms with van der Waals surface area (Å²) in [6, 6.07) is 2.85. The molecule has 1 aromatic carbocycles. The summed E-state index contributed by atoms with van der Waals surface area (Å²) < 4.78 is 28.1. The smallest absolute Gasteiger partial charge is 0.341 e. The number of carbonyl (C=O) groups is 2. The molecule has 1 heterocycles. The van der Waals surface area contributed by atoms with E-state index in [0.717, 1.165) is 48.9 Å². The van der Waals surface area contributed by atoms with Crippen LogP contribution in [0.5, 0.6) is 0 Å². The maximum Gasteiger partial charge on any atom is 0.341 e. The van der Waals surface area contributed by atoms with Gasteiger partial charge in [-0.15, -0.1) is 5.10 Å². The first-order valence-corrected chi connectivity index (χ1v) is 9.76. The summed E-state index contributed by atoms with van der Waals surface area (Å²) >= 11 is 0. The number of hydrogen-bond acceptors (Lipinski definition) is 3. The molecule has 0 bridgehead atoms. The van der Waals surface area contributed by atoms with Crippen molar-refractivity contribution < 1.29 is 23.5 Å². The Morgan fingerprint density at radius 3 is 2.38 bits per heavy atom. The molecule has 29 heavy (non-hydrogen) atoms. The molecule has 0 radical (unpaired) electrons. The summed E-state index contributed by atoms with van der Waals surface area (Å²) in [4.78, 5) is 26.7. The van der Waals surface area contributed by atoms with Gasteiger partial charge in [-0.3, -0.25) is 9.69 Å². The molecule has 6 nitrogen and oxygen atoms in total. The van der Waals surface area contributed by atoms with Crippen LogP contribution in [0.1, 0.15) is 63.2 Å². The number of aromatic nitrogens is 2. The molecule has 8 heteroatoms. The van der Waals surface area contributed by atoms with E-state index >= 15 is 0 Å². The Morgan fingerprint density at radius 2 is 1.83 bits per heavy atom. The van der Waals surface area contributed by atoms with Gasteiger partial charge in [0.25, 0.3) is 0 Å². The number of carboxylic acids is 1. The number of hydrogen-bond donors (Lipinski definition) is 1. The van der Waals surface area contributed by atoms with Gasteiger partial charge < -0.3 is 5.11 Å². The zero-order valence-electron chi connectivity index (χ0n) is 16.8. The van der Waals surface area contributed by atoms with E-state index in [9.17, 15) is 23.5 Å². The summed E-state index contributed by atoms with van der Waals surface area (Å²) in [5.74, 6) is -3.48. The van der Waals surface area contributed by atoms with E-state index < -0.39 is 23.0 Å². The number of amides is 1. The highest BCUT2D eigenvalue weighted by Gasteiger charge is 2.41. The van der Waals surface area contributed by atoms with E-state index in [4.69, 9.17) is 0 Å². The van der Waals surface area contributed by atoms with E-state index in [1.807, 2.05) is 6.92 Å². The number of carbonyl (C=O) groups excluding carboxylic acids is 1. The van der Waals surface area contributed by atoms with Crippen LogP contribution in [0.3, 0.4) is 0 Å². The minimum Gasteiger partial charge on any atom is -0.477 e. The van der Waals surface area contributed by atoms with Crippen LogP contribution in [0.4, 0.5) is 14.6 Å². The topological polar surface area (TPSA) is 75.4 Å². The summed E-state index contributed by atoms with van der Waals surface area (Å²) in [5.41, 5.74) is -0.585. The zero-order valence-corrected chi connectivity index (χ0v) is 16.8. The quantitative estimate of drug-likeness (QED) is 0.791. The largest absolute Gasteiger partial charge is 0.477 e. The summed E-state index contributed by atoms with van der Waals surface area (Å²) in [5, 5.41) is 14.0. The molecule has 1 saturated carbocycles. The highest BCUT2D eigenvalue weighted by atomic mass is 19.2. The summed E-state index contributed by atoms with van der Waals surface area (Å²) in [6.07, 6.45) is 5.67. The monoisotopic (exact) mass is 405 g/mol. The second-order valence-corrected chi connectivity index (χ2v) is 8.10. The molecule has 1 aliphatic carbocycles. The van der Waals surface area contributed by atoms with Crippen molar-refractivity contribution >= 4 is 17.7 Å². The second-order valence-electron chi connectivity index (χ2n) is 8.10. The molecule has 156 valence electrons. The first kappa shape index (κ1) is 21.0. The van der Waals surface area contributed by atoms with Crippen molar-refractivity contribution in [1.29, 1.82) is 0 Å². The number of halogens is 2. The lowest BCUT2D eigenvalue weighted by Crippen LogP contribution is -2.47. The number of rotatable bonds is 5. The van der Waals surface area contributed by atoms with Crippen molar-refractivity contribution in [2.24, 2.45) is 5.41 Å². The van der Waals surface area contributed by atoms with Gasteiger partial charge in [0.15, 0.2) is 17.5 Å². The summed E-state index contributed by atoms with van der Waals surface area (Å²) in [7, 11) is 0. The molecule has 1 N–H and O–H groups in total. The third-order valence-corrected chi connectivity index (χ3v) is 5.53. The van der Waals surface area contributed by atoms with Gasteiger partial charge in [-0.05, 0) is 38.8 Å². The minimum atomic E-state index is -1.25. The van der Waals surface area contributed by atoms with Crippen molar-refractivity contribution in [3.8, 4) is 5.69 Å². The molecule has 1 fully saturated rings. The first-order valence-electron chi connectivity index (χ1n) is 9.76. The average molecular weight is 405 g/mol. The van der Waals surface area contributed by atoms with E-state index in [1.54, 1.807) is 13.8 Å². The third kappa shape index (κ3) is 4.02. The maximum atomic E-state index is 13.6. The fraction of sp³-hybridized carbons (Fsp3) is 0.476. The molecule has 0 atom stereocenters. The Balaban J connectivity index is 2.08. The van der Waals surface area contributed by atoms with Crippen LogP contribution in [0.25, 0.3) is 5.69 Å². The van der Waals surface area contributed by atoms with Gasteiger partial charge in [-0.2, -0.15) is 0 Å². The van der Waals surface area contributed by atoms with Crippen LogP contribution in [-0.2, 0) is 4.79 Å². The summed E-state index contributed by atoms with van der Waals surface area (Å²) in [6.45, 7) is 5.51. The van der Waals surface area contributed by atoms with Crippen molar-refractivity contribution in [3.63, 3.8) is 0 Å². The van der Waals surface area contributed by atoms with E-state index in [0.29, 0.717) is 0 Å². The van der Waals surface area contributed by atoms with Gasteiger partial charge >= 0.3 is 5.97 Å². The Labute approximate surface area is 168 Å². The van der Waals surface area contributed by atoms with Gasteiger partial charge in [0.2, 0.25) is 5.91 Å². The van der Waals surface area contributed by atoms with Gasteiger partial charge in [0.1, 0.15) is 5.56 Å². The number of anilines is 1. The normalized spacial score (nSPS) is 16.1. The Morgan fingerprint density at radius 1 is 1.17 bits per heavy atom. The van der Waals surface area contributed by atoms with Crippen LogP contribution < -0.4 is 4.90 Å². The fourth-order valence-corrected chi connectivity index (χ4v) is 3.87. The first-order chi connectivity index (χ1) is 13.6. The van der Waals surface area contributed by atoms with Crippen molar-refractivity contribution in [3.05, 3.63) is 41.6 Å². The lowest BCUT2D eigenvalue weighted by atomic mass is 9.74. The molecule has 1 amide bonds. The van der Waals surface area contributed by atoms with Crippen molar-refractivity contribution in [2.75, 3.05) is 4.90 Å². The van der Waals surface area contributed by atoms with E-state index in [2.05, 4.69) is 5.10 Å². The lowest BCUT2D eigenvalue weighted by molar-refractivity contribution is -0.129. The van der Waals surface area contributed by atoms with Gasteiger partial charge in [-0.25, -0.2) is 18.3 Å². The molecular formula is C21H25F2N3O3. The van der Waals surface area contributed by atoms with Gasteiger partial charge in [0, 0.05) is 23.7 Å². The Kier molecular flexibility index (Phi) is 5.73. The lowest BCUT2D eigenvalue weighted by Gasteiger charge is -2.38. The molecular weight excluding hydrogens is 380 g/mol. The van der Waals surface area contributed by atoms with Gasteiger partial charge in [0.05, 0.1) is 5.69 Å². The minimum absolute atomic E-state index is 0.00836. The second kappa shape index (κ2) is 7.93. The molecule has 0 aliphatic heterocycles. The van der Waals surface area contributed by atoms with Crippen LogP contribution in [0.2, 0.25) is 0 Å². The van der Waals surface area contributed by atoms with Crippen molar-refractivity contribution in [1.82, 2.24) is 9.78 Å². The average Bonchev–Trinajstić information content (AvgIpc) is 3.09. The number of carboxylic acid groups (broad SMARTS) is 1. The van der Waals surface area contributed by atoms with Crippen LogP contribution in [0, 0.1) is 17.0 Å². The standard InChI is InChI=1S/C21H25F2N3O3/c1-13(2)26(20(29)21(3)9-5-4-6-10-21)18-15(19(27)28)12-25(24-18)14-7-8-16(22)17(23)11-14/h7-8,11-13H,4-6,9-10H2,1-3H3,(H,27,28). The highest BCUT2D eigenvalue weighted by molar-refractivity contribution is 6.03. The van der Waals surface area contributed by atoms with Crippen LogP contribution >= 0.6 is 0 Å².